The molecule has 0 saturated carbocycles. The number of ketones is 1. The summed E-state index contributed by atoms with van der Waals surface area (Å²) in [6, 6.07) is 11.5. The van der Waals surface area contributed by atoms with Gasteiger partial charge in [0.05, 0.1) is 22.3 Å². The molecule has 0 atom stereocenters. The molecule has 0 radical (unpaired) electrons. The molecule has 0 fully saturated rings. The Kier molecular flexibility index (Phi) is 8.14. The highest BCUT2D eigenvalue weighted by Gasteiger charge is 2.22. The van der Waals surface area contributed by atoms with Gasteiger partial charge in [0.1, 0.15) is 5.75 Å². The Hall–Kier alpha value is -1.63. The van der Waals surface area contributed by atoms with Crippen LogP contribution in [-0.4, -0.2) is 41.3 Å². The van der Waals surface area contributed by atoms with E-state index in [1.54, 1.807) is 0 Å². The van der Waals surface area contributed by atoms with Crippen molar-refractivity contribution in [2.45, 2.75) is 33.6 Å². The van der Waals surface area contributed by atoms with Crippen LogP contribution in [0.3, 0.4) is 0 Å². The second-order valence-corrected chi connectivity index (χ2v) is 8.80. The van der Waals surface area contributed by atoms with Gasteiger partial charge in [-0.15, -0.1) is 0 Å². The summed E-state index contributed by atoms with van der Waals surface area (Å²) in [6.45, 7) is 10.2. The summed E-state index contributed by atoms with van der Waals surface area (Å²) in [5.74, 6) is 0.774. The molecule has 4 nitrogen and oxygen atoms in total. The van der Waals surface area contributed by atoms with Gasteiger partial charge in [0.15, 0.2) is 0 Å². The van der Waals surface area contributed by atoms with E-state index in [-0.39, 0.29) is 5.78 Å². The Labute approximate surface area is 195 Å². The highest BCUT2D eigenvalue weighted by atomic mass is 79.9. The minimum Gasteiger partial charge on any atom is -0.492 e. The van der Waals surface area contributed by atoms with Gasteiger partial charge in [0.2, 0.25) is 5.78 Å². The van der Waals surface area contributed by atoms with Crippen molar-refractivity contribution in [3.8, 4) is 5.75 Å². The van der Waals surface area contributed by atoms with Crippen LogP contribution in [0.25, 0.3) is 5.52 Å². The van der Waals surface area contributed by atoms with Crippen LogP contribution in [-0.2, 0) is 6.42 Å². The van der Waals surface area contributed by atoms with E-state index in [0.29, 0.717) is 17.9 Å². The van der Waals surface area contributed by atoms with Gasteiger partial charge < -0.3 is 14.0 Å². The molecule has 0 N–H and O–H groups in total. The van der Waals surface area contributed by atoms with E-state index < -0.39 is 0 Å². The standard InChI is InChI=1S/C24H28Br2N2O2/c1-4-18-22(26)20-10-7-8-14-28(20)23(18)24(29)17-11-12-21(19(25)16-17)30-15-9-13-27(5-2)6-3/h7-8,10-12,14,16H,4-6,9,13,15H2,1-3H3. The number of aromatic nitrogens is 1. The summed E-state index contributed by atoms with van der Waals surface area (Å²) in [4.78, 5) is 15.8. The van der Waals surface area contributed by atoms with Crippen molar-refractivity contribution >= 4 is 43.2 Å². The Morgan fingerprint density at radius 1 is 1.10 bits per heavy atom. The van der Waals surface area contributed by atoms with Crippen molar-refractivity contribution in [1.29, 1.82) is 0 Å². The number of carbonyl (C=O) groups excluding carboxylic acids is 1. The summed E-state index contributed by atoms with van der Waals surface area (Å²) < 4.78 is 9.69. The van der Waals surface area contributed by atoms with Crippen molar-refractivity contribution in [3.63, 3.8) is 0 Å². The molecule has 2 aromatic heterocycles. The number of pyridine rings is 1. The van der Waals surface area contributed by atoms with Crippen molar-refractivity contribution in [2.75, 3.05) is 26.2 Å². The molecule has 0 saturated heterocycles. The topological polar surface area (TPSA) is 34.0 Å². The molecule has 0 bridgehead atoms. The fraction of sp³-hybridized carbons (Fsp3) is 0.375. The first-order valence-electron chi connectivity index (χ1n) is 10.5. The fourth-order valence-electron chi connectivity index (χ4n) is 3.70. The first-order chi connectivity index (χ1) is 14.5. The van der Waals surface area contributed by atoms with E-state index in [1.165, 1.54) is 0 Å². The second-order valence-electron chi connectivity index (χ2n) is 7.15. The van der Waals surface area contributed by atoms with Crippen LogP contribution in [0, 0.1) is 0 Å². The zero-order valence-corrected chi connectivity index (χ0v) is 20.9. The van der Waals surface area contributed by atoms with Gasteiger partial charge >= 0.3 is 0 Å². The molecule has 1 aromatic carbocycles. The maximum Gasteiger partial charge on any atom is 0.210 e. The highest BCUT2D eigenvalue weighted by Crippen LogP contribution is 2.32. The fourth-order valence-corrected chi connectivity index (χ4v) is 4.98. The van der Waals surface area contributed by atoms with Crippen LogP contribution in [0.15, 0.2) is 51.5 Å². The molecular weight excluding hydrogens is 508 g/mol. The minimum atomic E-state index is 0.00698. The molecule has 0 unspecified atom stereocenters. The maximum absolute atomic E-state index is 13.4. The number of fused-ring (bicyclic) bond motifs is 1. The highest BCUT2D eigenvalue weighted by molar-refractivity contribution is 9.11. The van der Waals surface area contributed by atoms with Gasteiger partial charge in [0, 0.05) is 22.8 Å². The molecule has 0 aliphatic heterocycles. The van der Waals surface area contributed by atoms with Crippen LogP contribution < -0.4 is 4.74 Å². The summed E-state index contributed by atoms with van der Waals surface area (Å²) in [6.07, 6.45) is 3.69. The number of nitrogens with zero attached hydrogens (tertiary/aromatic N) is 2. The van der Waals surface area contributed by atoms with Gasteiger partial charge in [-0.2, -0.15) is 0 Å². The Morgan fingerprint density at radius 3 is 2.53 bits per heavy atom. The third-order valence-corrected chi connectivity index (χ3v) is 6.91. The zero-order chi connectivity index (χ0) is 21.7. The Bertz CT molecular complexity index is 1030. The number of ether oxygens (including phenoxy) is 1. The molecule has 0 aliphatic carbocycles. The predicted octanol–water partition coefficient (Wildman–Crippen LogP) is 6.37. The normalized spacial score (nSPS) is 11.4. The Morgan fingerprint density at radius 2 is 1.87 bits per heavy atom. The molecule has 0 aliphatic rings. The lowest BCUT2D eigenvalue weighted by molar-refractivity contribution is 0.103. The summed E-state index contributed by atoms with van der Waals surface area (Å²) >= 11 is 7.26. The quantitative estimate of drug-likeness (QED) is 0.223. The van der Waals surface area contributed by atoms with Crippen LogP contribution in [0.2, 0.25) is 0 Å². The van der Waals surface area contributed by atoms with E-state index in [4.69, 9.17) is 4.74 Å². The van der Waals surface area contributed by atoms with Gasteiger partial charge in [-0.25, -0.2) is 0 Å². The summed E-state index contributed by atoms with van der Waals surface area (Å²) in [7, 11) is 0. The number of hydrogen-bond donors (Lipinski definition) is 0. The van der Waals surface area contributed by atoms with E-state index >= 15 is 0 Å². The van der Waals surface area contributed by atoms with E-state index in [0.717, 1.165) is 58.3 Å². The van der Waals surface area contributed by atoms with Crippen LogP contribution in [0.5, 0.6) is 5.75 Å². The lowest BCUT2D eigenvalue weighted by atomic mass is 10.0. The number of rotatable bonds is 10. The molecule has 3 aromatic rings. The van der Waals surface area contributed by atoms with Crippen molar-refractivity contribution < 1.29 is 9.53 Å². The second kappa shape index (κ2) is 10.6. The van der Waals surface area contributed by atoms with Crippen LogP contribution >= 0.6 is 31.9 Å². The Balaban J connectivity index is 1.79. The molecule has 3 rings (SSSR count). The molecule has 6 heteroatoms. The molecule has 0 spiro atoms. The van der Waals surface area contributed by atoms with Crippen molar-refractivity contribution in [2.24, 2.45) is 0 Å². The number of hydrogen-bond acceptors (Lipinski definition) is 3. The van der Waals surface area contributed by atoms with Gasteiger partial charge in [0.25, 0.3) is 0 Å². The SMILES string of the molecule is CCc1c(Br)c2ccccn2c1C(=O)c1ccc(OCCCN(CC)CC)c(Br)c1. The zero-order valence-electron chi connectivity index (χ0n) is 17.8. The third kappa shape index (κ3) is 4.82. The smallest absolute Gasteiger partial charge is 0.210 e. The van der Waals surface area contributed by atoms with Gasteiger partial charge in [-0.05, 0) is 93.7 Å². The first-order valence-corrected chi connectivity index (χ1v) is 12.1. The first kappa shape index (κ1) is 23.0. The largest absolute Gasteiger partial charge is 0.492 e. The van der Waals surface area contributed by atoms with Gasteiger partial charge in [-0.1, -0.05) is 26.8 Å². The predicted molar refractivity (Wildman–Crippen MR) is 130 cm³/mol. The van der Waals surface area contributed by atoms with Crippen LogP contribution in [0.4, 0.5) is 0 Å². The monoisotopic (exact) mass is 534 g/mol. The van der Waals surface area contributed by atoms with E-state index in [9.17, 15) is 4.79 Å². The number of benzene rings is 1. The van der Waals surface area contributed by atoms with E-state index in [2.05, 4.69) is 57.5 Å². The molecule has 30 heavy (non-hydrogen) atoms. The molecule has 0 amide bonds. The van der Waals surface area contributed by atoms with Crippen molar-refractivity contribution in [1.82, 2.24) is 9.30 Å². The third-order valence-electron chi connectivity index (χ3n) is 5.41. The maximum atomic E-state index is 13.4. The summed E-state index contributed by atoms with van der Waals surface area (Å²) in [5.41, 5.74) is 3.38. The van der Waals surface area contributed by atoms with Crippen molar-refractivity contribution in [3.05, 3.63) is 68.4 Å². The molecule has 2 heterocycles. The number of halogens is 2. The lowest BCUT2D eigenvalue weighted by Crippen LogP contribution is -2.25. The average molecular weight is 536 g/mol. The summed E-state index contributed by atoms with van der Waals surface area (Å²) in [5, 5.41) is 0. The average Bonchev–Trinajstić information content (AvgIpc) is 3.06. The van der Waals surface area contributed by atoms with E-state index in [1.807, 2.05) is 47.0 Å². The minimum absolute atomic E-state index is 0.00698. The lowest BCUT2D eigenvalue weighted by Gasteiger charge is -2.18. The van der Waals surface area contributed by atoms with Crippen LogP contribution in [0.1, 0.15) is 48.8 Å². The molecule has 160 valence electrons. The van der Waals surface area contributed by atoms with Gasteiger partial charge in [-0.3, -0.25) is 4.79 Å². The number of carbonyl (C=O) groups is 1. The molecular formula is C24H28Br2N2O2.